The number of rotatable bonds is 4. The molecule has 2 amide bonds. The van der Waals surface area contributed by atoms with Crippen LogP contribution >= 0.6 is 0 Å². The number of nitrogens with one attached hydrogen (secondary N) is 2. The average Bonchev–Trinajstić information content (AvgIpc) is 3.07. The molecular formula is C18H22N4O4S. The minimum absolute atomic E-state index is 0.143. The van der Waals surface area contributed by atoms with Crippen molar-refractivity contribution in [2.24, 2.45) is 0 Å². The molecule has 0 bridgehead atoms. The van der Waals surface area contributed by atoms with E-state index in [-0.39, 0.29) is 23.4 Å². The van der Waals surface area contributed by atoms with Crippen LogP contribution in [0.25, 0.3) is 5.69 Å². The Hall–Kier alpha value is -2.68. The van der Waals surface area contributed by atoms with E-state index in [0.717, 1.165) is 5.56 Å². The van der Waals surface area contributed by atoms with E-state index in [4.69, 9.17) is 0 Å². The molecule has 1 aromatic carbocycles. The van der Waals surface area contributed by atoms with E-state index in [0.29, 0.717) is 23.4 Å². The Kier molecular flexibility index (Phi) is 5.05. The van der Waals surface area contributed by atoms with Crippen molar-refractivity contribution in [1.82, 2.24) is 15.1 Å². The van der Waals surface area contributed by atoms with Gasteiger partial charge in [-0.1, -0.05) is 19.1 Å². The maximum atomic E-state index is 12.4. The van der Waals surface area contributed by atoms with Crippen molar-refractivity contribution in [1.29, 1.82) is 0 Å². The lowest BCUT2D eigenvalue weighted by Crippen LogP contribution is -2.40. The first-order valence-electron chi connectivity index (χ1n) is 8.70. The molecule has 1 aliphatic rings. The number of fused-ring (bicyclic) bond motifs is 1. The molecule has 1 atom stereocenters. The summed E-state index contributed by atoms with van der Waals surface area (Å²) < 4.78 is 25.4. The maximum absolute atomic E-state index is 12.4. The van der Waals surface area contributed by atoms with Crippen LogP contribution in [-0.2, 0) is 30.9 Å². The van der Waals surface area contributed by atoms with Gasteiger partial charge >= 0.3 is 11.8 Å². The summed E-state index contributed by atoms with van der Waals surface area (Å²) in [7, 11) is -3.30. The molecule has 2 N–H and O–H groups in total. The summed E-state index contributed by atoms with van der Waals surface area (Å²) in [4.78, 5) is 24.5. The molecule has 0 saturated carbocycles. The van der Waals surface area contributed by atoms with Crippen molar-refractivity contribution in [2.75, 3.05) is 5.32 Å². The van der Waals surface area contributed by atoms with Gasteiger partial charge in [0.1, 0.15) is 5.82 Å². The Balaban J connectivity index is 1.98. The molecular weight excluding hydrogens is 368 g/mol. The zero-order valence-corrected chi connectivity index (χ0v) is 16.3. The Bertz CT molecular complexity index is 1010. The predicted octanol–water partition coefficient (Wildman–Crippen LogP) is 1.46. The number of hydrogen-bond acceptors (Lipinski definition) is 5. The van der Waals surface area contributed by atoms with Gasteiger partial charge in [0.05, 0.1) is 22.9 Å². The molecule has 144 valence electrons. The van der Waals surface area contributed by atoms with Crippen molar-refractivity contribution in [2.45, 2.75) is 44.7 Å². The molecule has 1 aromatic heterocycles. The quantitative estimate of drug-likeness (QED) is 0.768. The van der Waals surface area contributed by atoms with E-state index in [2.05, 4.69) is 15.7 Å². The van der Waals surface area contributed by atoms with Gasteiger partial charge in [-0.3, -0.25) is 9.59 Å². The first-order valence-corrected chi connectivity index (χ1v) is 10.5. The van der Waals surface area contributed by atoms with E-state index in [1.54, 1.807) is 13.0 Å². The highest BCUT2D eigenvalue weighted by Gasteiger charge is 2.34. The molecule has 3 rings (SSSR count). The molecule has 0 saturated heterocycles. The first-order chi connectivity index (χ1) is 12.7. The maximum Gasteiger partial charge on any atom is 0.314 e. The Labute approximate surface area is 157 Å². The van der Waals surface area contributed by atoms with Crippen molar-refractivity contribution >= 4 is 27.5 Å². The summed E-state index contributed by atoms with van der Waals surface area (Å²) in [6.07, 6.45) is 0.688. The minimum Gasteiger partial charge on any atom is -0.345 e. The Morgan fingerprint density at radius 3 is 2.67 bits per heavy atom. The summed E-state index contributed by atoms with van der Waals surface area (Å²) in [6.45, 7) is 5.61. The zero-order valence-electron chi connectivity index (χ0n) is 15.4. The molecule has 1 aliphatic heterocycles. The smallest absolute Gasteiger partial charge is 0.314 e. The van der Waals surface area contributed by atoms with E-state index < -0.39 is 21.7 Å². The van der Waals surface area contributed by atoms with Gasteiger partial charge in [-0.15, -0.1) is 0 Å². The minimum atomic E-state index is -3.30. The monoisotopic (exact) mass is 390 g/mol. The summed E-state index contributed by atoms with van der Waals surface area (Å²) in [5.74, 6) is -1.78. The van der Waals surface area contributed by atoms with Crippen molar-refractivity contribution in [3.8, 4) is 5.69 Å². The van der Waals surface area contributed by atoms with Gasteiger partial charge in [0.2, 0.25) is 0 Å². The van der Waals surface area contributed by atoms with Crippen LogP contribution in [0.3, 0.4) is 0 Å². The van der Waals surface area contributed by atoms with Gasteiger partial charge in [-0.2, -0.15) is 5.10 Å². The van der Waals surface area contributed by atoms with Gasteiger partial charge in [0.15, 0.2) is 9.84 Å². The van der Waals surface area contributed by atoms with Gasteiger partial charge in [0, 0.05) is 11.6 Å². The third-order valence-corrected chi connectivity index (χ3v) is 5.90. The molecule has 8 nitrogen and oxygen atoms in total. The third kappa shape index (κ3) is 4.02. The van der Waals surface area contributed by atoms with Crippen molar-refractivity contribution < 1.29 is 18.0 Å². The second-order valence-corrected chi connectivity index (χ2v) is 8.86. The molecule has 2 aromatic rings. The Morgan fingerprint density at radius 1 is 1.26 bits per heavy atom. The summed E-state index contributed by atoms with van der Waals surface area (Å²) in [6, 6.07) is 7.29. The molecule has 2 heterocycles. The summed E-state index contributed by atoms with van der Waals surface area (Å²) in [5, 5.41) is 9.53. The highest BCUT2D eigenvalue weighted by molar-refractivity contribution is 7.90. The standard InChI is InChI=1S/C18H22N4O4S/c1-4-12(3)19-17(23)18(24)20-16-14-9-27(25,26)10-15(14)21-22(16)13-7-5-6-11(2)8-13/h5-8,12H,4,9-10H2,1-3H3,(H,19,23)(H,20,24)/t12-/m1/s1. The number of aryl methyl sites for hydroxylation is 1. The number of benzene rings is 1. The lowest BCUT2D eigenvalue weighted by atomic mass is 10.2. The van der Waals surface area contributed by atoms with Crippen molar-refractivity contribution in [3.63, 3.8) is 0 Å². The Morgan fingerprint density at radius 2 is 2.00 bits per heavy atom. The van der Waals surface area contributed by atoms with E-state index >= 15 is 0 Å². The summed E-state index contributed by atoms with van der Waals surface area (Å²) >= 11 is 0. The highest BCUT2D eigenvalue weighted by atomic mass is 32.2. The lowest BCUT2D eigenvalue weighted by molar-refractivity contribution is -0.136. The lowest BCUT2D eigenvalue weighted by Gasteiger charge is -2.13. The van der Waals surface area contributed by atoms with Crippen LogP contribution in [0.2, 0.25) is 0 Å². The zero-order chi connectivity index (χ0) is 19.8. The fourth-order valence-electron chi connectivity index (χ4n) is 2.87. The SMILES string of the molecule is CC[C@@H](C)NC(=O)C(=O)Nc1c2c(nn1-c1cccc(C)c1)CS(=O)(=O)C2. The number of anilines is 1. The normalized spacial score (nSPS) is 15.8. The second-order valence-electron chi connectivity index (χ2n) is 6.79. The van der Waals surface area contributed by atoms with Gasteiger partial charge in [-0.25, -0.2) is 13.1 Å². The number of hydrogen-bond donors (Lipinski definition) is 2. The largest absolute Gasteiger partial charge is 0.345 e. The highest BCUT2D eigenvalue weighted by Crippen LogP contribution is 2.33. The third-order valence-electron chi connectivity index (χ3n) is 4.46. The van der Waals surface area contributed by atoms with Crippen LogP contribution in [0, 0.1) is 6.92 Å². The topological polar surface area (TPSA) is 110 Å². The molecule has 0 aliphatic carbocycles. The van der Waals surface area contributed by atoms with Crippen molar-refractivity contribution in [3.05, 3.63) is 41.1 Å². The predicted molar refractivity (Wildman–Crippen MR) is 101 cm³/mol. The van der Waals surface area contributed by atoms with Crippen LogP contribution in [-0.4, -0.2) is 36.1 Å². The molecule has 0 unspecified atom stereocenters. The fraction of sp³-hybridized carbons (Fsp3) is 0.389. The number of aromatic nitrogens is 2. The van der Waals surface area contributed by atoms with E-state index in [9.17, 15) is 18.0 Å². The molecule has 0 fully saturated rings. The van der Waals surface area contributed by atoms with Crippen LogP contribution < -0.4 is 10.6 Å². The van der Waals surface area contributed by atoms with Gasteiger partial charge in [-0.05, 0) is 38.0 Å². The second kappa shape index (κ2) is 7.15. The van der Waals surface area contributed by atoms with Crippen LogP contribution in [0.15, 0.2) is 24.3 Å². The van der Waals surface area contributed by atoms with Gasteiger partial charge < -0.3 is 10.6 Å². The fourth-order valence-corrected chi connectivity index (χ4v) is 4.37. The number of carbonyl (C=O) groups excluding carboxylic acids is 2. The van der Waals surface area contributed by atoms with Crippen LogP contribution in [0.5, 0.6) is 0 Å². The molecule has 0 spiro atoms. The van der Waals surface area contributed by atoms with E-state index in [1.807, 2.05) is 32.0 Å². The van der Waals surface area contributed by atoms with Gasteiger partial charge in [0.25, 0.3) is 0 Å². The van der Waals surface area contributed by atoms with E-state index in [1.165, 1.54) is 4.68 Å². The van der Waals surface area contributed by atoms with Crippen LogP contribution in [0.4, 0.5) is 5.82 Å². The molecule has 0 radical (unpaired) electrons. The average molecular weight is 390 g/mol. The summed E-state index contributed by atoms with van der Waals surface area (Å²) in [5.41, 5.74) is 2.50. The van der Waals surface area contributed by atoms with Crippen LogP contribution in [0.1, 0.15) is 37.1 Å². The molecule has 9 heteroatoms. The first kappa shape index (κ1) is 19.1. The number of carbonyl (C=O) groups is 2. The number of amides is 2. The number of nitrogens with zero attached hydrogens (tertiary/aromatic N) is 2. The molecule has 27 heavy (non-hydrogen) atoms. The number of sulfone groups is 1.